The van der Waals surface area contributed by atoms with Crippen LogP contribution in [0.3, 0.4) is 0 Å². The van der Waals surface area contributed by atoms with Crippen LogP contribution in [-0.4, -0.2) is 30.1 Å². The van der Waals surface area contributed by atoms with Gasteiger partial charge in [0, 0.05) is 23.4 Å². The lowest BCUT2D eigenvalue weighted by atomic mass is 10.2. The van der Waals surface area contributed by atoms with Crippen molar-refractivity contribution in [2.24, 2.45) is 0 Å². The van der Waals surface area contributed by atoms with E-state index in [0.29, 0.717) is 35.7 Å². The van der Waals surface area contributed by atoms with Gasteiger partial charge in [0.15, 0.2) is 5.11 Å². The maximum atomic E-state index is 12.4. The Bertz CT molecular complexity index is 822. The van der Waals surface area contributed by atoms with E-state index >= 15 is 0 Å². The van der Waals surface area contributed by atoms with Crippen LogP contribution in [0.4, 0.5) is 5.69 Å². The van der Waals surface area contributed by atoms with E-state index in [4.69, 9.17) is 17.0 Å². The maximum Gasteiger partial charge on any atom is 0.257 e. The molecular weight excluding hydrogens is 374 g/mol. The number of amides is 2. The molecule has 0 saturated carbocycles. The summed E-state index contributed by atoms with van der Waals surface area (Å²) in [6.45, 7) is 5.14. The van der Waals surface area contributed by atoms with Gasteiger partial charge in [-0.25, -0.2) is 0 Å². The molecule has 2 amide bonds. The van der Waals surface area contributed by atoms with Crippen molar-refractivity contribution in [3.63, 3.8) is 0 Å². The number of unbranched alkanes of at least 4 members (excludes halogenated alkanes) is 1. The van der Waals surface area contributed by atoms with Crippen molar-refractivity contribution in [1.29, 1.82) is 0 Å². The zero-order valence-electron chi connectivity index (χ0n) is 16.1. The van der Waals surface area contributed by atoms with Crippen molar-refractivity contribution >= 4 is 34.8 Å². The lowest BCUT2D eigenvalue weighted by Crippen LogP contribution is -2.34. The second-order valence-electron chi connectivity index (χ2n) is 6.07. The normalized spacial score (nSPS) is 10.1. The summed E-state index contributed by atoms with van der Waals surface area (Å²) in [6, 6.07) is 13.8. The van der Waals surface area contributed by atoms with Crippen molar-refractivity contribution in [1.82, 2.24) is 10.6 Å². The van der Waals surface area contributed by atoms with Crippen molar-refractivity contribution in [3.05, 3.63) is 59.7 Å². The molecule has 0 bridgehead atoms. The molecule has 0 radical (unpaired) electrons. The van der Waals surface area contributed by atoms with Crippen LogP contribution in [0, 0.1) is 0 Å². The Morgan fingerprint density at radius 3 is 2.43 bits per heavy atom. The van der Waals surface area contributed by atoms with Gasteiger partial charge >= 0.3 is 0 Å². The molecule has 0 aromatic heterocycles. The Hall–Kier alpha value is -2.93. The van der Waals surface area contributed by atoms with E-state index in [-0.39, 0.29) is 16.9 Å². The first-order chi connectivity index (χ1) is 13.5. The summed E-state index contributed by atoms with van der Waals surface area (Å²) in [7, 11) is 0. The number of carbonyl (C=O) groups excluding carboxylic acids is 2. The first-order valence-corrected chi connectivity index (χ1v) is 9.67. The summed E-state index contributed by atoms with van der Waals surface area (Å²) in [5, 5.41) is 8.49. The molecule has 2 aromatic carbocycles. The molecule has 28 heavy (non-hydrogen) atoms. The number of benzene rings is 2. The molecule has 148 valence electrons. The first-order valence-electron chi connectivity index (χ1n) is 9.27. The molecule has 0 atom stereocenters. The number of anilines is 1. The lowest BCUT2D eigenvalue weighted by Gasteiger charge is -2.11. The highest BCUT2D eigenvalue weighted by molar-refractivity contribution is 7.80. The molecule has 3 N–H and O–H groups in total. The molecule has 0 heterocycles. The number of rotatable bonds is 8. The molecule has 2 aromatic rings. The quantitative estimate of drug-likeness (QED) is 0.465. The Morgan fingerprint density at radius 2 is 1.75 bits per heavy atom. The van der Waals surface area contributed by atoms with Gasteiger partial charge in [-0.3, -0.25) is 14.9 Å². The highest BCUT2D eigenvalue weighted by Gasteiger charge is 2.10. The maximum absolute atomic E-state index is 12.4. The zero-order valence-corrected chi connectivity index (χ0v) is 16.9. The molecular formula is C21H25N3O3S. The van der Waals surface area contributed by atoms with Gasteiger partial charge in [0.25, 0.3) is 11.8 Å². The third-order valence-corrected chi connectivity index (χ3v) is 4.04. The second-order valence-corrected chi connectivity index (χ2v) is 6.48. The van der Waals surface area contributed by atoms with Gasteiger partial charge in [0.1, 0.15) is 5.75 Å². The highest BCUT2D eigenvalue weighted by atomic mass is 32.1. The molecule has 0 aliphatic carbocycles. The van der Waals surface area contributed by atoms with E-state index < -0.39 is 0 Å². The summed E-state index contributed by atoms with van der Waals surface area (Å²) >= 11 is 5.20. The predicted octanol–water partition coefficient (Wildman–Crippen LogP) is 3.74. The van der Waals surface area contributed by atoms with Gasteiger partial charge in [-0.15, -0.1) is 0 Å². The Morgan fingerprint density at radius 1 is 1.00 bits per heavy atom. The van der Waals surface area contributed by atoms with E-state index in [1.54, 1.807) is 42.5 Å². The SMILES string of the molecule is CCCCOc1cccc(C(=O)NC(=S)Nc2ccc(C(=O)NCC)cc2)c1. The predicted molar refractivity (Wildman–Crippen MR) is 115 cm³/mol. The lowest BCUT2D eigenvalue weighted by molar-refractivity contribution is 0.0953. The van der Waals surface area contributed by atoms with Crippen LogP contribution < -0.4 is 20.7 Å². The van der Waals surface area contributed by atoms with Gasteiger partial charge < -0.3 is 15.4 Å². The van der Waals surface area contributed by atoms with Crippen molar-refractivity contribution in [3.8, 4) is 5.75 Å². The third-order valence-electron chi connectivity index (χ3n) is 3.83. The zero-order chi connectivity index (χ0) is 20.4. The molecule has 2 rings (SSSR count). The molecule has 0 fully saturated rings. The summed E-state index contributed by atoms with van der Waals surface area (Å²) in [5.74, 6) is 0.198. The number of nitrogens with one attached hydrogen (secondary N) is 3. The van der Waals surface area contributed by atoms with Gasteiger partial charge in [0.2, 0.25) is 0 Å². The number of carbonyl (C=O) groups is 2. The molecule has 0 aliphatic rings. The smallest absolute Gasteiger partial charge is 0.257 e. The van der Waals surface area contributed by atoms with Gasteiger partial charge in [-0.2, -0.15) is 0 Å². The van der Waals surface area contributed by atoms with Crippen LogP contribution >= 0.6 is 12.2 Å². The van der Waals surface area contributed by atoms with Gasteiger partial charge in [-0.05, 0) is 68.0 Å². The third kappa shape index (κ3) is 6.66. The fraction of sp³-hybridized carbons (Fsp3) is 0.286. The van der Waals surface area contributed by atoms with Gasteiger partial charge in [-0.1, -0.05) is 19.4 Å². The minimum Gasteiger partial charge on any atom is -0.494 e. The van der Waals surface area contributed by atoms with E-state index in [2.05, 4.69) is 22.9 Å². The minimum atomic E-state index is -0.322. The van der Waals surface area contributed by atoms with E-state index in [0.717, 1.165) is 12.8 Å². The van der Waals surface area contributed by atoms with Gasteiger partial charge in [0.05, 0.1) is 6.61 Å². The second kappa shape index (κ2) is 11.0. The fourth-order valence-electron chi connectivity index (χ4n) is 2.37. The highest BCUT2D eigenvalue weighted by Crippen LogP contribution is 2.14. The van der Waals surface area contributed by atoms with Crippen LogP contribution in [-0.2, 0) is 0 Å². The largest absolute Gasteiger partial charge is 0.494 e. The average Bonchev–Trinajstić information content (AvgIpc) is 2.69. The van der Waals surface area contributed by atoms with E-state index in [9.17, 15) is 9.59 Å². The summed E-state index contributed by atoms with van der Waals surface area (Å²) in [6.07, 6.45) is 2.01. The molecule has 0 spiro atoms. The molecule has 6 nitrogen and oxygen atoms in total. The molecule has 0 aliphatic heterocycles. The van der Waals surface area contributed by atoms with Crippen LogP contribution in [0.5, 0.6) is 5.75 Å². The van der Waals surface area contributed by atoms with Crippen molar-refractivity contribution < 1.29 is 14.3 Å². The molecule has 0 unspecified atom stereocenters. The van der Waals surface area contributed by atoms with Crippen LogP contribution in [0.25, 0.3) is 0 Å². The molecule has 0 saturated heterocycles. The number of ether oxygens (including phenoxy) is 1. The van der Waals surface area contributed by atoms with Crippen LogP contribution in [0.15, 0.2) is 48.5 Å². The summed E-state index contributed by atoms with van der Waals surface area (Å²) in [5.41, 5.74) is 1.70. The van der Waals surface area contributed by atoms with Crippen molar-refractivity contribution in [2.45, 2.75) is 26.7 Å². The van der Waals surface area contributed by atoms with E-state index in [1.807, 2.05) is 13.0 Å². The summed E-state index contributed by atoms with van der Waals surface area (Å²) < 4.78 is 5.62. The number of hydrogen-bond acceptors (Lipinski definition) is 4. The Labute approximate surface area is 170 Å². The van der Waals surface area contributed by atoms with Crippen molar-refractivity contribution in [2.75, 3.05) is 18.5 Å². The number of thiocarbonyl (C=S) groups is 1. The minimum absolute atomic E-state index is 0.133. The Kier molecular flexibility index (Phi) is 8.42. The Balaban J connectivity index is 1.91. The molecule has 7 heteroatoms. The standard InChI is InChI=1S/C21H25N3O3S/c1-3-5-13-27-18-8-6-7-16(14-18)20(26)24-21(28)23-17-11-9-15(10-12-17)19(25)22-4-2/h6-12,14H,3-5,13H2,1-2H3,(H,22,25)(H2,23,24,26,28). The fourth-order valence-corrected chi connectivity index (χ4v) is 2.58. The van der Waals surface area contributed by atoms with E-state index in [1.165, 1.54) is 0 Å². The van der Waals surface area contributed by atoms with Crippen LogP contribution in [0.2, 0.25) is 0 Å². The van der Waals surface area contributed by atoms with Crippen LogP contribution in [0.1, 0.15) is 47.4 Å². The monoisotopic (exact) mass is 399 g/mol. The topological polar surface area (TPSA) is 79.5 Å². The first kappa shape index (κ1) is 21.4. The summed E-state index contributed by atoms with van der Waals surface area (Å²) in [4.78, 5) is 24.2. The average molecular weight is 400 g/mol. The number of hydrogen-bond donors (Lipinski definition) is 3.